The Kier molecular flexibility index (Phi) is 3.21. The summed E-state index contributed by atoms with van der Waals surface area (Å²) >= 11 is 0. The average Bonchev–Trinajstić information content (AvgIpc) is 2.58. The molecule has 0 aliphatic rings. The molecular weight excluding hydrogens is 214 g/mol. The van der Waals surface area contributed by atoms with Crippen LogP contribution >= 0.6 is 0 Å². The second-order valence-corrected chi connectivity index (χ2v) is 4.09. The van der Waals surface area contributed by atoms with Gasteiger partial charge in [-0.25, -0.2) is 5.43 Å². The molecule has 0 bridgehead atoms. The molecule has 2 aromatic heterocycles. The lowest BCUT2D eigenvalue weighted by Gasteiger charge is -2.16. The van der Waals surface area contributed by atoms with Gasteiger partial charge in [0, 0.05) is 30.7 Å². The number of rotatable bonds is 3. The lowest BCUT2D eigenvalue weighted by molar-refractivity contribution is 0.626. The smallest absolute Gasteiger partial charge is 0.0760 e. The number of hydrogen-bond donors (Lipinski definition) is 2. The maximum atomic E-state index is 5.67. The maximum Gasteiger partial charge on any atom is 0.0760 e. The van der Waals surface area contributed by atoms with Crippen molar-refractivity contribution in [1.29, 1.82) is 0 Å². The summed E-state index contributed by atoms with van der Waals surface area (Å²) in [7, 11) is 1.93. The minimum Gasteiger partial charge on any atom is -0.272 e. The Balaban J connectivity index is 2.50. The third kappa shape index (κ3) is 2.07. The van der Waals surface area contributed by atoms with Crippen LogP contribution in [-0.2, 0) is 7.05 Å². The maximum absolute atomic E-state index is 5.67. The van der Waals surface area contributed by atoms with Gasteiger partial charge in [-0.1, -0.05) is 6.07 Å². The topological polar surface area (TPSA) is 68.8 Å². The summed E-state index contributed by atoms with van der Waals surface area (Å²) in [5, 5.41) is 4.41. The van der Waals surface area contributed by atoms with E-state index in [1.807, 2.05) is 43.9 Å². The van der Waals surface area contributed by atoms with E-state index in [0.29, 0.717) is 0 Å². The first kappa shape index (κ1) is 11.8. The average molecular weight is 231 g/mol. The van der Waals surface area contributed by atoms with Crippen LogP contribution in [0.2, 0.25) is 0 Å². The van der Waals surface area contributed by atoms with Crippen molar-refractivity contribution in [2.45, 2.75) is 19.9 Å². The lowest BCUT2D eigenvalue weighted by atomic mass is 9.99. The van der Waals surface area contributed by atoms with Crippen LogP contribution < -0.4 is 11.3 Å². The first-order valence-corrected chi connectivity index (χ1v) is 5.51. The summed E-state index contributed by atoms with van der Waals surface area (Å²) in [4.78, 5) is 4.12. The van der Waals surface area contributed by atoms with Crippen LogP contribution in [-0.4, -0.2) is 14.8 Å². The summed E-state index contributed by atoms with van der Waals surface area (Å²) in [5.41, 5.74) is 7.08. The quantitative estimate of drug-likeness (QED) is 0.610. The molecule has 1 atom stereocenters. The largest absolute Gasteiger partial charge is 0.272 e. The molecule has 0 saturated heterocycles. The minimum atomic E-state index is -0.0719. The molecule has 17 heavy (non-hydrogen) atoms. The van der Waals surface area contributed by atoms with Crippen LogP contribution in [0.1, 0.15) is 28.6 Å². The standard InChI is InChI=1S/C12H17N5/c1-8-11(9(2)17(3)16-8)12(15-13)10-5-4-6-14-7-10/h4-7,12,15H,13H2,1-3H3. The molecule has 3 N–H and O–H groups in total. The molecule has 0 aromatic carbocycles. The number of nitrogens with one attached hydrogen (secondary N) is 1. The van der Waals surface area contributed by atoms with Gasteiger partial charge in [0.15, 0.2) is 0 Å². The predicted octanol–water partition coefficient (Wildman–Crippen LogP) is 0.985. The highest BCUT2D eigenvalue weighted by Crippen LogP contribution is 2.25. The van der Waals surface area contributed by atoms with Crippen LogP contribution in [0.3, 0.4) is 0 Å². The normalized spacial score (nSPS) is 12.7. The monoisotopic (exact) mass is 231 g/mol. The molecule has 90 valence electrons. The SMILES string of the molecule is Cc1nn(C)c(C)c1C(NN)c1cccnc1. The molecule has 5 nitrogen and oxygen atoms in total. The van der Waals surface area contributed by atoms with Crippen LogP contribution in [0.15, 0.2) is 24.5 Å². The number of hydrogen-bond acceptors (Lipinski definition) is 4. The predicted molar refractivity (Wildman–Crippen MR) is 66.1 cm³/mol. The van der Waals surface area contributed by atoms with Gasteiger partial charge in [-0.05, 0) is 25.5 Å². The Morgan fingerprint density at radius 1 is 1.41 bits per heavy atom. The van der Waals surface area contributed by atoms with Gasteiger partial charge in [-0.15, -0.1) is 0 Å². The first-order chi connectivity index (χ1) is 8.15. The zero-order chi connectivity index (χ0) is 12.4. The van der Waals surface area contributed by atoms with Crippen molar-refractivity contribution in [1.82, 2.24) is 20.2 Å². The Morgan fingerprint density at radius 3 is 2.65 bits per heavy atom. The number of nitrogens with two attached hydrogens (primary N) is 1. The van der Waals surface area contributed by atoms with E-state index in [1.165, 1.54) is 0 Å². The van der Waals surface area contributed by atoms with Crippen molar-refractivity contribution in [3.05, 3.63) is 47.0 Å². The molecule has 0 aliphatic heterocycles. The molecule has 0 fully saturated rings. The summed E-state index contributed by atoms with van der Waals surface area (Å²) < 4.78 is 1.87. The van der Waals surface area contributed by atoms with Crippen molar-refractivity contribution < 1.29 is 0 Å². The third-order valence-corrected chi connectivity index (χ3v) is 3.04. The highest BCUT2D eigenvalue weighted by Gasteiger charge is 2.20. The summed E-state index contributed by atoms with van der Waals surface area (Å²) in [6.07, 6.45) is 3.57. The van der Waals surface area contributed by atoms with E-state index in [0.717, 1.165) is 22.5 Å². The number of hydrazine groups is 1. The molecule has 0 saturated carbocycles. The second-order valence-electron chi connectivity index (χ2n) is 4.09. The molecule has 2 heterocycles. The van der Waals surface area contributed by atoms with Crippen molar-refractivity contribution in [2.75, 3.05) is 0 Å². The van der Waals surface area contributed by atoms with Gasteiger partial charge < -0.3 is 0 Å². The molecule has 0 aliphatic carbocycles. The van der Waals surface area contributed by atoms with Crippen molar-refractivity contribution in [3.8, 4) is 0 Å². The van der Waals surface area contributed by atoms with E-state index < -0.39 is 0 Å². The highest BCUT2D eigenvalue weighted by atomic mass is 15.3. The van der Waals surface area contributed by atoms with Gasteiger partial charge >= 0.3 is 0 Å². The number of aromatic nitrogens is 3. The Morgan fingerprint density at radius 2 is 2.18 bits per heavy atom. The summed E-state index contributed by atoms with van der Waals surface area (Å²) in [5.74, 6) is 5.67. The third-order valence-electron chi connectivity index (χ3n) is 3.04. The zero-order valence-electron chi connectivity index (χ0n) is 10.3. The van der Waals surface area contributed by atoms with Crippen molar-refractivity contribution in [2.24, 2.45) is 12.9 Å². The molecule has 0 radical (unpaired) electrons. The fourth-order valence-electron chi connectivity index (χ4n) is 2.10. The van der Waals surface area contributed by atoms with E-state index in [4.69, 9.17) is 5.84 Å². The van der Waals surface area contributed by atoms with Gasteiger partial charge in [-0.2, -0.15) is 5.10 Å². The number of pyridine rings is 1. The zero-order valence-corrected chi connectivity index (χ0v) is 10.3. The molecule has 5 heteroatoms. The van der Waals surface area contributed by atoms with Crippen molar-refractivity contribution >= 4 is 0 Å². The highest BCUT2D eigenvalue weighted by molar-refractivity contribution is 5.35. The Hall–Kier alpha value is -1.72. The number of aryl methyl sites for hydroxylation is 2. The van der Waals surface area contributed by atoms with Gasteiger partial charge in [0.05, 0.1) is 11.7 Å². The molecule has 2 aromatic rings. The van der Waals surface area contributed by atoms with Gasteiger partial charge in [0.2, 0.25) is 0 Å². The Labute approximate surface area is 101 Å². The van der Waals surface area contributed by atoms with Crippen LogP contribution in [0.4, 0.5) is 0 Å². The second kappa shape index (κ2) is 4.65. The first-order valence-electron chi connectivity index (χ1n) is 5.51. The van der Waals surface area contributed by atoms with Crippen molar-refractivity contribution in [3.63, 3.8) is 0 Å². The van der Waals surface area contributed by atoms with E-state index in [1.54, 1.807) is 6.20 Å². The van der Waals surface area contributed by atoms with Gasteiger partial charge in [0.1, 0.15) is 0 Å². The van der Waals surface area contributed by atoms with E-state index in [9.17, 15) is 0 Å². The van der Waals surface area contributed by atoms with Crippen LogP contribution in [0.25, 0.3) is 0 Å². The minimum absolute atomic E-state index is 0.0719. The lowest BCUT2D eigenvalue weighted by Crippen LogP contribution is -2.29. The summed E-state index contributed by atoms with van der Waals surface area (Å²) in [6, 6.07) is 3.84. The number of nitrogens with zero attached hydrogens (tertiary/aromatic N) is 3. The fraction of sp³-hybridized carbons (Fsp3) is 0.333. The van der Waals surface area contributed by atoms with Gasteiger partial charge in [0.25, 0.3) is 0 Å². The molecule has 2 rings (SSSR count). The fourth-order valence-corrected chi connectivity index (χ4v) is 2.10. The molecular formula is C12H17N5. The molecule has 0 spiro atoms. The molecule has 1 unspecified atom stereocenters. The summed E-state index contributed by atoms with van der Waals surface area (Å²) in [6.45, 7) is 4.03. The van der Waals surface area contributed by atoms with Gasteiger partial charge in [-0.3, -0.25) is 15.5 Å². The Bertz CT molecular complexity index is 503. The van der Waals surface area contributed by atoms with E-state index >= 15 is 0 Å². The molecule has 0 amide bonds. The van der Waals surface area contributed by atoms with Crippen LogP contribution in [0.5, 0.6) is 0 Å². The van der Waals surface area contributed by atoms with Crippen LogP contribution in [0, 0.1) is 13.8 Å². The van der Waals surface area contributed by atoms with E-state index in [-0.39, 0.29) is 6.04 Å². The van der Waals surface area contributed by atoms with E-state index in [2.05, 4.69) is 15.5 Å².